The van der Waals surface area contributed by atoms with E-state index in [0.29, 0.717) is 24.0 Å². The van der Waals surface area contributed by atoms with Crippen molar-refractivity contribution in [3.05, 3.63) is 0 Å². The summed E-state index contributed by atoms with van der Waals surface area (Å²) in [6.45, 7) is 4.50. The highest BCUT2D eigenvalue weighted by Crippen LogP contribution is 2.14. The smallest absolute Gasteiger partial charge is 0.233 e. The third kappa shape index (κ3) is 3.88. The van der Waals surface area contributed by atoms with Crippen LogP contribution >= 0.6 is 11.8 Å². The van der Waals surface area contributed by atoms with Gasteiger partial charge in [-0.05, 0) is 17.5 Å². The van der Waals surface area contributed by atoms with E-state index >= 15 is 0 Å². The Balaban J connectivity index is 1.81. The average molecular weight is 285 g/mol. The second-order valence-electron chi connectivity index (χ2n) is 4.45. The van der Waals surface area contributed by atoms with Crippen molar-refractivity contribution in [1.29, 1.82) is 0 Å². The summed E-state index contributed by atoms with van der Waals surface area (Å²) in [4.78, 5) is 16.2. The second kappa shape index (κ2) is 6.83. The van der Waals surface area contributed by atoms with E-state index in [1.807, 2.05) is 4.90 Å². The van der Waals surface area contributed by atoms with Crippen LogP contribution in [0.15, 0.2) is 5.16 Å². The predicted molar refractivity (Wildman–Crippen MR) is 71.7 cm³/mol. The Morgan fingerprint density at radius 3 is 2.79 bits per heavy atom. The van der Waals surface area contributed by atoms with Crippen LogP contribution in [-0.2, 0) is 11.3 Å². The number of thioether (sulfide) groups is 1. The maximum Gasteiger partial charge on any atom is 0.233 e. The molecule has 1 aliphatic rings. The van der Waals surface area contributed by atoms with Crippen LogP contribution in [0.25, 0.3) is 0 Å². The van der Waals surface area contributed by atoms with Crippen LogP contribution in [-0.4, -0.2) is 81.4 Å². The van der Waals surface area contributed by atoms with Crippen molar-refractivity contribution in [2.75, 3.05) is 45.5 Å². The first-order valence-electron chi connectivity index (χ1n) is 6.26. The molecular weight excluding hydrogens is 266 g/mol. The summed E-state index contributed by atoms with van der Waals surface area (Å²) in [5, 5.41) is 12.0. The molecule has 0 aliphatic carbocycles. The number of tetrazole rings is 1. The highest BCUT2D eigenvalue weighted by molar-refractivity contribution is 7.99. The number of carbonyl (C=O) groups excluding carboxylic acids is 1. The number of nitrogens with zero attached hydrogens (tertiary/aromatic N) is 6. The van der Waals surface area contributed by atoms with Gasteiger partial charge in [0.2, 0.25) is 11.1 Å². The Morgan fingerprint density at radius 1 is 1.37 bits per heavy atom. The molecule has 19 heavy (non-hydrogen) atoms. The fraction of sp³-hybridized carbons (Fsp3) is 0.800. The van der Waals surface area contributed by atoms with Crippen molar-refractivity contribution in [2.24, 2.45) is 5.73 Å². The largest absolute Gasteiger partial charge is 0.339 e. The number of aromatic nitrogens is 4. The van der Waals surface area contributed by atoms with Gasteiger partial charge in [-0.3, -0.25) is 4.79 Å². The number of piperazine rings is 1. The number of carbonyl (C=O) groups is 1. The van der Waals surface area contributed by atoms with Gasteiger partial charge in [0.1, 0.15) is 0 Å². The lowest BCUT2D eigenvalue weighted by molar-refractivity contribution is -0.129. The summed E-state index contributed by atoms with van der Waals surface area (Å²) >= 11 is 1.36. The molecular formula is C10H19N7OS. The molecule has 1 saturated heterocycles. The molecule has 2 N–H and O–H groups in total. The van der Waals surface area contributed by atoms with Gasteiger partial charge in [-0.2, -0.15) is 0 Å². The van der Waals surface area contributed by atoms with Crippen molar-refractivity contribution in [1.82, 2.24) is 30.0 Å². The first kappa shape index (κ1) is 14.2. The SMILES string of the molecule is CN1CCN(C(=O)CSc2nnnn2CCN)CC1. The molecule has 8 nitrogen and oxygen atoms in total. The Bertz CT molecular complexity index is 416. The number of likely N-dealkylation sites (N-methyl/N-ethyl adjacent to an activating group) is 1. The van der Waals surface area contributed by atoms with E-state index in [2.05, 4.69) is 27.5 Å². The molecule has 1 aromatic heterocycles. The normalized spacial score (nSPS) is 16.8. The molecule has 106 valence electrons. The van der Waals surface area contributed by atoms with Gasteiger partial charge >= 0.3 is 0 Å². The molecule has 1 fully saturated rings. The van der Waals surface area contributed by atoms with E-state index in [-0.39, 0.29) is 5.91 Å². The van der Waals surface area contributed by atoms with Crippen molar-refractivity contribution >= 4 is 17.7 Å². The fourth-order valence-corrected chi connectivity index (χ4v) is 2.64. The Hall–Kier alpha value is -1.19. The zero-order chi connectivity index (χ0) is 13.7. The quantitative estimate of drug-likeness (QED) is 0.658. The third-order valence-electron chi connectivity index (χ3n) is 3.02. The van der Waals surface area contributed by atoms with Crippen LogP contribution in [0.4, 0.5) is 0 Å². The van der Waals surface area contributed by atoms with Gasteiger partial charge in [-0.15, -0.1) is 5.10 Å². The molecule has 0 spiro atoms. The predicted octanol–water partition coefficient (Wildman–Crippen LogP) is -1.50. The van der Waals surface area contributed by atoms with E-state index in [4.69, 9.17) is 5.73 Å². The van der Waals surface area contributed by atoms with E-state index in [1.165, 1.54) is 11.8 Å². The molecule has 0 saturated carbocycles. The van der Waals surface area contributed by atoms with E-state index in [1.54, 1.807) is 4.68 Å². The minimum absolute atomic E-state index is 0.139. The van der Waals surface area contributed by atoms with Crippen molar-refractivity contribution < 1.29 is 4.79 Å². The third-order valence-corrected chi connectivity index (χ3v) is 3.96. The van der Waals surface area contributed by atoms with Gasteiger partial charge in [0.25, 0.3) is 0 Å². The molecule has 1 aliphatic heterocycles. The van der Waals surface area contributed by atoms with E-state index in [9.17, 15) is 4.79 Å². The second-order valence-corrected chi connectivity index (χ2v) is 5.39. The minimum Gasteiger partial charge on any atom is -0.339 e. The van der Waals surface area contributed by atoms with Crippen LogP contribution in [0.2, 0.25) is 0 Å². The average Bonchev–Trinajstić information content (AvgIpc) is 2.85. The van der Waals surface area contributed by atoms with Crippen LogP contribution in [0.5, 0.6) is 0 Å². The number of nitrogens with two attached hydrogens (primary N) is 1. The summed E-state index contributed by atoms with van der Waals surface area (Å²) < 4.78 is 1.63. The summed E-state index contributed by atoms with van der Waals surface area (Å²) in [6, 6.07) is 0. The van der Waals surface area contributed by atoms with Gasteiger partial charge in [-0.1, -0.05) is 11.8 Å². The maximum atomic E-state index is 12.1. The van der Waals surface area contributed by atoms with Crippen LogP contribution in [0.1, 0.15) is 0 Å². The van der Waals surface area contributed by atoms with Gasteiger partial charge in [0.15, 0.2) is 0 Å². The van der Waals surface area contributed by atoms with Crippen LogP contribution in [0.3, 0.4) is 0 Å². The molecule has 0 radical (unpaired) electrons. The van der Waals surface area contributed by atoms with Crippen molar-refractivity contribution in [2.45, 2.75) is 11.7 Å². The monoisotopic (exact) mass is 285 g/mol. The van der Waals surface area contributed by atoms with Gasteiger partial charge in [-0.25, -0.2) is 4.68 Å². The summed E-state index contributed by atoms with van der Waals surface area (Å²) in [7, 11) is 2.07. The van der Waals surface area contributed by atoms with Crippen LogP contribution < -0.4 is 5.73 Å². The lowest BCUT2D eigenvalue weighted by Crippen LogP contribution is -2.47. The topological polar surface area (TPSA) is 93.2 Å². The number of rotatable bonds is 5. The number of amides is 1. The highest BCUT2D eigenvalue weighted by Gasteiger charge is 2.19. The molecule has 0 aromatic carbocycles. The Labute approximate surface area is 116 Å². The Morgan fingerprint density at radius 2 is 2.11 bits per heavy atom. The zero-order valence-corrected chi connectivity index (χ0v) is 11.8. The Kier molecular flexibility index (Phi) is 5.11. The lowest BCUT2D eigenvalue weighted by atomic mass is 10.3. The summed E-state index contributed by atoms with van der Waals surface area (Å²) in [6.07, 6.45) is 0. The molecule has 0 bridgehead atoms. The van der Waals surface area contributed by atoms with E-state index < -0.39 is 0 Å². The summed E-state index contributed by atoms with van der Waals surface area (Å²) in [5.74, 6) is 0.509. The first-order chi connectivity index (χ1) is 9.20. The van der Waals surface area contributed by atoms with Gasteiger partial charge in [0, 0.05) is 32.7 Å². The summed E-state index contributed by atoms with van der Waals surface area (Å²) in [5.41, 5.74) is 5.47. The highest BCUT2D eigenvalue weighted by atomic mass is 32.2. The van der Waals surface area contributed by atoms with Crippen LogP contribution in [0, 0.1) is 0 Å². The number of hydrogen-bond acceptors (Lipinski definition) is 7. The van der Waals surface area contributed by atoms with Crippen molar-refractivity contribution in [3.8, 4) is 0 Å². The number of hydrogen-bond donors (Lipinski definition) is 1. The zero-order valence-electron chi connectivity index (χ0n) is 11.0. The lowest BCUT2D eigenvalue weighted by Gasteiger charge is -2.32. The first-order valence-corrected chi connectivity index (χ1v) is 7.24. The fourth-order valence-electron chi connectivity index (χ4n) is 1.84. The van der Waals surface area contributed by atoms with Crippen molar-refractivity contribution in [3.63, 3.8) is 0 Å². The molecule has 2 heterocycles. The molecule has 0 atom stereocenters. The minimum atomic E-state index is 0.139. The molecule has 9 heteroatoms. The molecule has 1 amide bonds. The molecule has 2 rings (SSSR count). The maximum absolute atomic E-state index is 12.1. The molecule has 1 aromatic rings. The molecule has 0 unspecified atom stereocenters. The van der Waals surface area contributed by atoms with E-state index in [0.717, 1.165) is 26.2 Å². The van der Waals surface area contributed by atoms with Gasteiger partial charge in [0.05, 0.1) is 12.3 Å². The van der Waals surface area contributed by atoms with Gasteiger partial charge < -0.3 is 15.5 Å². The standard InChI is InChI=1S/C10H19N7OS/c1-15-4-6-16(7-5-15)9(18)8-19-10-12-13-14-17(10)3-2-11/h2-8,11H2,1H3.